The molecule has 0 saturated carbocycles. The fourth-order valence-corrected chi connectivity index (χ4v) is 3.85. The average Bonchev–Trinajstić information content (AvgIpc) is 2.77. The molecule has 0 radical (unpaired) electrons. The lowest BCUT2D eigenvalue weighted by molar-refractivity contribution is 0.250. The van der Waals surface area contributed by atoms with E-state index in [1.54, 1.807) is 11.3 Å². The van der Waals surface area contributed by atoms with Crippen LogP contribution in [0.3, 0.4) is 0 Å². The van der Waals surface area contributed by atoms with Gasteiger partial charge >= 0.3 is 0 Å². The molecule has 3 rings (SSSR count). The first-order valence-electron chi connectivity index (χ1n) is 7.12. The molecule has 0 amide bonds. The van der Waals surface area contributed by atoms with E-state index in [-0.39, 0.29) is 0 Å². The summed E-state index contributed by atoms with van der Waals surface area (Å²) in [5, 5.41) is 1.10. The number of aromatic nitrogens is 1. The molecule has 1 saturated heterocycles. The molecular formula is C15H22N4S. The predicted octanol–water partition coefficient (Wildman–Crippen LogP) is 2.72. The SMILES string of the molecule is Cc1nc2cc(N3CCC(N(C)C)CC3)c(N)cc2s1. The van der Waals surface area contributed by atoms with E-state index in [1.165, 1.54) is 17.5 Å². The highest BCUT2D eigenvalue weighted by atomic mass is 32.1. The summed E-state index contributed by atoms with van der Waals surface area (Å²) in [4.78, 5) is 9.31. The van der Waals surface area contributed by atoms with Gasteiger partial charge in [-0.05, 0) is 46.0 Å². The van der Waals surface area contributed by atoms with Gasteiger partial charge in [0.25, 0.3) is 0 Å². The molecule has 20 heavy (non-hydrogen) atoms. The van der Waals surface area contributed by atoms with Crippen LogP contribution in [-0.2, 0) is 0 Å². The van der Waals surface area contributed by atoms with Crippen molar-refractivity contribution < 1.29 is 0 Å². The monoisotopic (exact) mass is 290 g/mol. The van der Waals surface area contributed by atoms with Gasteiger partial charge < -0.3 is 15.5 Å². The maximum atomic E-state index is 6.25. The van der Waals surface area contributed by atoms with Crippen molar-refractivity contribution in [2.45, 2.75) is 25.8 Å². The van der Waals surface area contributed by atoms with Crippen molar-refractivity contribution in [2.24, 2.45) is 0 Å². The number of fused-ring (bicyclic) bond motifs is 1. The summed E-state index contributed by atoms with van der Waals surface area (Å²) >= 11 is 1.71. The van der Waals surface area contributed by atoms with Gasteiger partial charge in [-0.3, -0.25) is 0 Å². The largest absolute Gasteiger partial charge is 0.397 e. The lowest BCUT2D eigenvalue weighted by atomic mass is 10.0. The highest BCUT2D eigenvalue weighted by Crippen LogP contribution is 2.33. The van der Waals surface area contributed by atoms with Crippen LogP contribution in [0.2, 0.25) is 0 Å². The molecule has 0 aliphatic carbocycles. The van der Waals surface area contributed by atoms with Crippen LogP contribution in [0.4, 0.5) is 11.4 Å². The molecule has 2 heterocycles. The van der Waals surface area contributed by atoms with Gasteiger partial charge in [-0.15, -0.1) is 11.3 Å². The summed E-state index contributed by atoms with van der Waals surface area (Å²) in [6.07, 6.45) is 2.39. The maximum absolute atomic E-state index is 6.25. The third kappa shape index (κ3) is 2.47. The van der Waals surface area contributed by atoms with Crippen molar-refractivity contribution in [1.82, 2.24) is 9.88 Å². The Morgan fingerprint density at radius 1 is 1.30 bits per heavy atom. The lowest BCUT2D eigenvalue weighted by Crippen LogP contribution is -2.42. The zero-order valence-corrected chi connectivity index (χ0v) is 13.2. The predicted molar refractivity (Wildman–Crippen MR) is 87.7 cm³/mol. The first-order chi connectivity index (χ1) is 9.54. The van der Waals surface area contributed by atoms with Crippen molar-refractivity contribution in [3.63, 3.8) is 0 Å². The van der Waals surface area contributed by atoms with E-state index in [9.17, 15) is 0 Å². The van der Waals surface area contributed by atoms with Gasteiger partial charge in [-0.2, -0.15) is 0 Å². The Bertz CT molecular complexity index is 612. The van der Waals surface area contributed by atoms with Crippen LogP contribution in [0.25, 0.3) is 10.2 Å². The van der Waals surface area contributed by atoms with E-state index in [4.69, 9.17) is 5.73 Å². The first-order valence-corrected chi connectivity index (χ1v) is 7.94. The second-order valence-corrected chi connectivity index (χ2v) is 7.03. The Balaban J connectivity index is 1.85. The Kier molecular flexibility index (Phi) is 3.56. The summed E-state index contributed by atoms with van der Waals surface area (Å²) in [6, 6.07) is 4.93. The lowest BCUT2D eigenvalue weighted by Gasteiger charge is -2.37. The van der Waals surface area contributed by atoms with Crippen molar-refractivity contribution >= 4 is 32.9 Å². The van der Waals surface area contributed by atoms with Crippen LogP contribution in [0, 0.1) is 6.92 Å². The number of rotatable bonds is 2. The van der Waals surface area contributed by atoms with E-state index in [2.05, 4.69) is 41.0 Å². The average molecular weight is 290 g/mol. The van der Waals surface area contributed by atoms with E-state index in [1.807, 2.05) is 6.92 Å². The summed E-state index contributed by atoms with van der Waals surface area (Å²) < 4.78 is 1.19. The molecule has 0 bridgehead atoms. The number of nitrogens with zero attached hydrogens (tertiary/aromatic N) is 3. The van der Waals surface area contributed by atoms with Crippen molar-refractivity contribution in [1.29, 1.82) is 0 Å². The summed E-state index contributed by atoms with van der Waals surface area (Å²) in [7, 11) is 4.33. The topological polar surface area (TPSA) is 45.4 Å². The summed E-state index contributed by atoms with van der Waals surface area (Å²) in [5.74, 6) is 0. The minimum absolute atomic E-state index is 0.692. The molecular weight excluding hydrogens is 268 g/mol. The normalized spacial score (nSPS) is 17.3. The third-order valence-electron chi connectivity index (χ3n) is 4.18. The molecule has 1 aromatic carbocycles. The fourth-order valence-electron chi connectivity index (χ4n) is 2.99. The molecule has 4 nitrogen and oxygen atoms in total. The van der Waals surface area contributed by atoms with E-state index in [0.29, 0.717) is 6.04 Å². The Morgan fingerprint density at radius 3 is 2.65 bits per heavy atom. The standard InChI is InChI=1S/C15H22N4S/c1-10-17-13-9-14(12(16)8-15(13)20-10)19-6-4-11(5-7-19)18(2)3/h8-9,11H,4-7,16H2,1-3H3. The molecule has 1 aliphatic rings. The van der Waals surface area contributed by atoms with Crippen LogP contribution in [0.1, 0.15) is 17.8 Å². The van der Waals surface area contributed by atoms with E-state index >= 15 is 0 Å². The first kappa shape index (κ1) is 13.6. The molecule has 1 aliphatic heterocycles. The Hall–Kier alpha value is -1.33. The zero-order chi connectivity index (χ0) is 14.3. The molecule has 2 aromatic rings. The van der Waals surface area contributed by atoms with Gasteiger partial charge in [-0.25, -0.2) is 4.98 Å². The molecule has 0 unspecified atom stereocenters. The van der Waals surface area contributed by atoms with Crippen LogP contribution < -0.4 is 10.6 Å². The number of piperidine rings is 1. The highest BCUT2D eigenvalue weighted by molar-refractivity contribution is 7.18. The minimum Gasteiger partial charge on any atom is -0.397 e. The molecule has 5 heteroatoms. The number of thiazole rings is 1. The third-order valence-corrected chi connectivity index (χ3v) is 5.11. The smallest absolute Gasteiger partial charge is 0.0907 e. The number of hydrogen-bond donors (Lipinski definition) is 1. The quantitative estimate of drug-likeness (QED) is 0.864. The second-order valence-electron chi connectivity index (χ2n) is 5.79. The van der Waals surface area contributed by atoms with Gasteiger partial charge in [0, 0.05) is 19.1 Å². The maximum Gasteiger partial charge on any atom is 0.0907 e. The van der Waals surface area contributed by atoms with Crippen LogP contribution in [0.5, 0.6) is 0 Å². The van der Waals surface area contributed by atoms with Crippen molar-refractivity contribution in [3.8, 4) is 0 Å². The number of aryl methyl sites for hydroxylation is 1. The van der Waals surface area contributed by atoms with Gasteiger partial charge in [0.2, 0.25) is 0 Å². The Labute approximate surface area is 124 Å². The number of nitrogens with two attached hydrogens (primary N) is 1. The molecule has 1 fully saturated rings. The van der Waals surface area contributed by atoms with Gasteiger partial charge in [0.15, 0.2) is 0 Å². The van der Waals surface area contributed by atoms with Crippen LogP contribution in [-0.4, -0.2) is 43.1 Å². The summed E-state index contributed by atoms with van der Waals surface area (Å²) in [6.45, 7) is 4.19. The zero-order valence-electron chi connectivity index (χ0n) is 12.4. The number of benzene rings is 1. The second kappa shape index (κ2) is 5.22. The van der Waals surface area contributed by atoms with Gasteiger partial charge in [-0.1, -0.05) is 0 Å². The van der Waals surface area contributed by atoms with Gasteiger partial charge in [0.1, 0.15) is 0 Å². The van der Waals surface area contributed by atoms with Gasteiger partial charge in [0.05, 0.1) is 26.6 Å². The fraction of sp³-hybridized carbons (Fsp3) is 0.533. The number of anilines is 2. The number of nitrogen functional groups attached to an aromatic ring is 1. The van der Waals surface area contributed by atoms with Crippen molar-refractivity contribution in [3.05, 3.63) is 17.1 Å². The summed E-state index contributed by atoms with van der Waals surface area (Å²) in [5.41, 5.74) is 9.36. The highest BCUT2D eigenvalue weighted by Gasteiger charge is 2.22. The minimum atomic E-state index is 0.692. The molecule has 108 valence electrons. The van der Waals surface area contributed by atoms with E-state index < -0.39 is 0 Å². The Morgan fingerprint density at radius 2 is 2.00 bits per heavy atom. The van der Waals surface area contributed by atoms with Crippen molar-refractivity contribution in [2.75, 3.05) is 37.8 Å². The van der Waals surface area contributed by atoms with E-state index in [0.717, 1.165) is 35.0 Å². The van der Waals surface area contributed by atoms with Crippen LogP contribution in [0.15, 0.2) is 12.1 Å². The number of hydrogen-bond acceptors (Lipinski definition) is 5. The van der Waals surface area contributed by atoms with Crippen LogP contribution >= 0.6 is 11.3 Å². The molecule has 0 atom stereocenters. The molecule has 1 aromatic heterocycles. The molecule has 0 spiro atoms. The molecule has 2 N–H and O–H groups in total.